The van der Waals surface area contributed by atoms with E-state index in [0.29, 0.717) is 106 Å². The van der Waals surface area contributed by atoms with Crippen LogP contribution in [0.25, 0.3) is 21.8 Å². The molecule has 10 rings (SSSR count). The molecule has 368 valence electrons. The van der Waals surface area contributed by atoms with Gasteiger partial charge in [-0.15, -0.1) is 0 Å². The largest absolute Gasteiger partial charge is 0.356 e. The number of amides is 4. The molecular formula is C58H58Cl2N8O4. The topological polar surface area (TPSA) is 134 Å². The summed E-state index contributed by atoms with van der Waals surface area (Å²) < 4.78 is 4.16. The summed E-state index contributed by atoms with van der Waals surface area (Å²) in [7, 11) is 0. The van der Waals surface area contributed by atoms with Crippen molar-refractivity contribution in [3.8, 4) is 0 Å². The van der Waals surface area contributed by atoms with Gasteiger partial charge in [-0.1, -0.05) is 89.9 Å². The molecule has 4 aromatic carbocycles. The lowest BCUT2D eigenvalue weighted by Gasteiger charge is -2.31. The minimum absolute atomic E-state index is 0.00849. The third-order valence-corrected chi connectivity index (χ3v) is 14.2. The van der Waals surface area contributed by atoms with Crippen LogP contribution >= 0.6 is 23.2 Å². The van der Waals surface area contributed by atoms with Gasteiger partial charge < -0.3 is 29.6 Å². The fourth-order valence-electron chi connectivity index (χ4n) is 9.70. The molecule has 0 saturated carbocycles. The van der Waals surface area contributed by atoms with E-state index >= 15 is 0 Å². The number of pyridine rings is 2. The number of likely N-dealkylation sites (tertiary alicyclic amines) is 2. The molecule has 4 aromatic heterocycles. The first-order valence-corrected chi connectivity index (χ1v) is 25.5. The molecule has 72 heavy (non-hydrogen) atoms. The SMILES string of the molecule is O=C(NCCc1ccccn1)C1CCN(C(=O)c2cc3ccccc3n2Cc2ccc(Cl)cc2)CC1.O=C(NCCc1ccncc1)C1CCN(C(=O)c2cc3ccccc3n2Cc2ccc(Cl)cc2)CC1. The Hall–Kier alpha value is -7.28. The van der Waals surface area contributed by atoms with Crippen LogP contribution in [0.15, 0.2) is 158 Å². The summed E-state index contributed by atoms with van der Waals surface area (Å²) >= 11 is 12.1. The highest BCUT2D eigenvalue weighted by Gasteiger charge is 2.31. The molecule has 0 radical (unpaired) electrons. The minimum atomic E-state index is -0.0716. The van der Waals surface area contributed by atoms with Gasteiger partial charge in [0.05, 0.1) is 0 Å². The molecule has 2 N–H and O–H groups in total. The number of aromatic nitrogens is 4. The Morgan fingerprint density at radius 2 is 0.944 bits per heavy atom. The number of hydrogen-bond donors (Lipinski definition) is 2. The van der Waals surface area contributed by atoms with Gasteiger partial charge >= 0.3 is 0 Å². The maximum Gasteiger partial charge on any atom is 0.270 e. The zero-order chi connectivity index (χ0) is 49.8. The summed E-state index contributed by atoms with van der Waals surface area (Å²) in [6.07, 6.45) is 9.45. The number of benzene rings is 4. The zero-order valence-corrected chi connectivity index (χ0v) is 41.6. The number of hydrogen-bond acceptors (Lipinski definition) is 6. The molecule has 8 aromatic rings. The summed E-state index contributed by atoms with van der Waals surface area (Å²) in [5.74, 6) is 0.0258. The molecule has 2 aliphatic heterocycles. The van der Waals surface area contributed by atoms with Gasteiger partial charge in [0.1, 0.15) is 11.4 Å². The molecular weight excluding hydrogens is 944 g/mol. The van der Waals surface area contributed by atoms with Crippen molar-refractivity contribution in [3.63, 3.8) is 0 Å². The van der Waals surface area contributed by atoms with E-state index in [1.165, 1.54) is 0 Å². The van der Waals surface area contributed by atoms with E-state index in [2.05, 4.69) is 29.7 Å². The maximum absolute atomic E-state index is 13.6. The molecule has 2 saturated heterocycles. The Balaban J connectivity index is 0.000000178. The van der Waals surface area contributed by atoms with E-state index in [4.69, 9.17) is 23.2 Å². The summed E-state index contributed by atoms with van der Waals surface area (Å²) in [6, 6.07) is 45.2. The van der Waals surface area contributed by atoms with Crippen molar-refractivity contribution in [2.75, 3.05) is 39.3 Å². The molecule has 0 atom stereocenters. The molecule has 6 heterocycles. The number of para-hydroxylation sites is 2. The first kappa shape index (κ1) is 49.7. The average Bonchev–Trinajstić information content (AvgIpc) is 3.98. The second kappa shape index (κ2) is 23.8. The van der Waals surface area contributed by atoms with Gasteiger partial charge in [0.15, 0.2) is 0 Å². The molecule has 4 amide bonds. The van der Waals surface area contributed by atoms with Crippen molar-refractivity contribution in [1.82, 2.24) is 39.5 Å². The smallest absolute Gasteiger partial charge is 0.270 e. The van der Waals surface area contributed by atoms with Crippen LogP contribution in [0.4, 0.5) is 0 Å². The number of carbonyl (C=O) groups is 4. The third-order valence-electron chi connectivity index (χ3n) is 13.7. The van der Waals surface area contributed by atoms with E-state index in [9.17, 15) is 19.2 Å². The molecule has 0 spiro atoms. The summed E-state index contributed by atoms with van der Waals surface area (Å²) in [6.45, 7) is 4.63. The van der Waals surface area contributed by atoms with Gasteiger partial charge in [0.25, 0.3) is 11.8 Å². The Morgan fingerprint density at radius 1 is 0.500 bits per heavy atom. The molecule has 2 fully saturated rings. The quantitative estimate of drug-likeness (QED) is 0.111. The predicted octanol–water partition coefficient (Wildman–Crippen LogP) is 9.90. The normalized spacial score (nSPS) is 14.2. The van der Waals surface area contributed by atoms with E-state index in [1.807, 2.05) is 149 Å². The summed E-state index contributed by atoms with van der Waals surface area (Å²) in [5, 5.41) is 9.56. The predicted molar refractivity (Wildman–Crippen MR) is 284 cm³/mol. The zero-order valence-electron chi connectivity index (χ0n) is 40.1. The van der Waals surface area contributed by atoms with Crippen LogP contribution in [-0.2, 0) is 35.5 Å². The monoisotopic (exact) mass is 1000 g/mol. The van der Waals surface area contributed by atoms with Crippen LogP contribution in [0.5, 0.6) is 0 Å². The van der Waals surface area contributed by atoms with Crippen LogP contribution in [0.1, 0.15) is 69.0 Å². The van der Waals surface area contributed by atoms with Crippen molar-refractivity contribution >= 4 is 68.6 Å². The van der Waals surface area contributed by atoms with E-state index < -0.39 is 0 Å². The van der Waals surface area contributed by atoms with Crippen LogP contribution in [-0.4, -0.2) is 91.8 Å². The lowest BCUT2D eigenvalue weighted by molar-refractivity contribution is -0.127. The summed E-state index contributed by atoms with van der Waals surface area (Å²) in [5.41, 5.74) is 7.67. The van der Waals surface area contributed by atoms with Gasteiger partial charge in [-0.05, 0) is 122 Å². The van der Waals surface area contributed by atoms with Crippen LogP contribution in [0, 0.1) is 11.8 Å². The van der Waals surface area contributed by atoms with Gasteiger partial charge in [-0.2, -0.15) is 0 Å². The highest BCUT2D eigenvalue weighted by molar-refractivity contribution is 6.30. The van der Waals surface area contributed by atoms with Gasteiger partial charge in [0.2, 0.25) is 11.8 Å². The first-order chi connectivity index (χ1) is 35.2. The van der Waals surface area contributed by atoms with Crippen LogP contribution in [0.3, 0.4) is 0 Å². The number of halogens is 2. The number of fused-ring (bicyclic) bond motifs is 2. The van der Waals surface area contributed by atoms with E-state index in [-0.39, 0.29) is 35.5 Å². The Labute approximate surface area is 430 Å². The van der Waals surface area contributed by atoms with Gasteiger partial charge in [0, 0.05) is 127 Å². The Kier molecular flexibility index (Phi) is 16.4. The van der Waals surface area contributed by atoms with E-state index in [0.717, 1.165) is 50.6 Å². The standard InChI is InChI=1S/2C29H29ClN4O2/c30-24-10-8-21(9-11-24)20-34-26-7-2-1-5-23(26)19-27(34)29(36)33-17-13-22(14-18-33)28(35)32-16-12-25-6-3-4-15-31-25;30-25-7-5-22(6-8-25)20-34-26-4-2-1-3-24(26)19-27(34)29(36)33-17-12-23(13-18-33)28(35)32-16-11-21-9-14-31-15-10-21/h1-11,15,19,22H,12-14,16-18,20H2,(H,32,35);1-10,14-15,19,23H,11-13,16-18,20H2,(H,32,35). The highest BCUT2D eigenvalue weighted by atomic mass is 35.5. The van der Waals surface area contributed by atoms with Gasteiger partial charge in [-0.25, -0.2) is 0 Å². The van der Waals surface area contributed by atoms with E-state index in [1.54, 1.807) is 18.6 Å². The highest BCUT2D eigenvalue weighted by Crippen LogP contribution is 2.28. The number of nitrogens with one attached hydrogen (secondary N) is 2. The molecule has 12 nitrogen and oxygen atoms in total. The fraction of sp³-hybridized carbons (Fsp3) is 0.276. The number of nitrogens with zero attached hydrogens (tertiary/aromatic N) is 6. The van der Waals surface area contributed by atoms with Crippen molar-refractivity contribution < 1.29 is 19.2 Å². The molecule has 0 aliphatic carbocycles. The molecule has 0 bridgehead atoms. The third kappa shape index (κ3) is 12.4. The second-order valence-electron chi connectivity index (χ2n) is 18.5. The lowest BCUT2D eigenvalue weighted by Crippen LogP contribution is -2.43. The Bertz CT molecular complexity index is 2900. The van der Waals surface area contributed by atoms with Crippen molar-refractivity contribution in [2.24, 2.45) is 11.8 Å². The van der Waals surface area contributed by atoms with Gasteiger partial charge in [-0.3, -0.25) is 29.1 Å². The number of piperidine rings is 2. The molecule has 0 unspecified atom stereocenters. The second-order valence-corrected chi connectivity index (χ2v) is 19.4. The summed E-state index contributed by atoms with van der Waals surface area (Å²) in [4.78, 5) is 64.7. The fourth-order valence-corrected chi connectivity index (χ4v) is 9.95. The number of rotatable bonds is 14. The molecule has 2 aliphatic rings. The Morgan fingerprint density at radius 3 is 1.40 bits per heavy atom. The van der Waals surface area contributed by atoms with Crippen molar-refractivity contribution in [3.05, 3.63) is 202 Å². The average molecular weight is 1000 g/mol. The number of carbonyl (C=O) groups excluding carboxylic acids is 4. The lowest BCUT2D eigenvalue weighted by atomic mass is 9.95. The first-order valence-electron chi connectivity index (χ1n) is 24.7. The minimum Gasteiger partial charge on any atom is -0.356 e. The van der Waals surface area contributed by atoms with Crippen LogP contribution < -0.4 is 10.6 Å². The molecule has 14 heteroatoms. The van der Waals surface area contributed by atoms with Crippen molar-refractivity contribution in [2.45, 2.75) is 51.6 Å². The van der Waals surface area contributed by atoms with Crippen LogP contribution in [0.2, 0.25) is 10.0 Å². The maximum atomic E-state index is 13.6. The van der Waals surface area contributed by atoms with Crippen molar-refractivity contribution in [1.29, 1.82) is 0 Å².